The SMILES string of the molecule is C\C=C(/C=C(\C=C(/C)C(OC=O)C(C)NC)C(F)(F)F)C(F)(F)F. The zero-order valence-corrected chi connectivity index (χ0v) is 13.5. The lowest BCUT2D eigenvalue weighted by molar-refractivity contribution is -0.132. The largest absolute Gasteiger partial charge is 0.458 e. The van der Waals surface area contributed by atoms with E-state index in [0.717, 1.165) is 6.92 Å². The molecule has 0 fully saturated rings. The first-order chi connectivity index (χ1) is 10.9. The molecular weight excluding hydrogens is 340 g/mol. The summed E-state index contributed by atoms with van der Waals surface area (Å²) in [5.41, 5.74) is -2.97. The number of alkyl halides is 6. The summed E-state index contributed by atoms with van der Waals surface area (Å²) in [7, 11) is 1.50. The van der Waals surface area contributed by atoms with Gasteiger partial charge in [0.2, 0.25) is 0 Å². The highest BCUT2D eigenvalue weighted by atomic mass is 19.4. The maximum absolute atomic E-state index is 13.1. The van der Waals surface area contributed by atoms with Gasteiger partial charge in [0.15, 0.2) is 0 Å². The smallest absolute Gasteiger partial charge is 0.416 e. The lowest BCUT2D eigenvalue weighted by atomic mass is 10.0. The van der Waals surface area contributed by atoms with Crippen molar-refractivity contribution >= 4 is 6.47 Å². The zero-order chi connectivity index (χ0) is 19.1. The topological polar surface area (TPSA) is 38.3 Å². The number of hydrogen-bond acceptors (Lipinski definition) is 3. The lowest BCUT2D eigenvalue weighted by Crippen LogP contribution is -2.37. The molecule has 3 nitrogen and oxygen atoms in total. The van der Waals surface area contributed by atoms with Crippen molar-refractivity contribution in [2.45, 2.75) is 45.3 Å². The van der Waals surface area contributed by atoms with Crippen LogP contribution in [-0.2, 0) is 9.53 Å². The van der Waals surface area contributed by atoms with Crippen molar-refractivity contribution in [1.82, 2.24) is 5.32 Å². The summed E-state index contributed by atoms with van der Waals surface area (Å²) in [6, 6.07) is -0.537. The molecule has 0 rings (SSSR count). The number of allylic oxidation sites excluding steroid dienone is 5. The molecule has 2 unspecified atom stereocenters. The molecule has 0 bridgehead atoms. The highest BCUT2D eigenvalue weighted by Crippen LogP contribution is 2.34. The monoisotopic (exact) mass is 359 g/mol. The number of carbonyl (C=O) groups is 1. The van der Waals surface area contributed by atoms with E-state index in [1.54, 1.807) is 6.92 Å². The third kappa shape index (κ3) is 6.77. The van der Waals surface area contributed by atoms with Crippen LogP contribution < -0.4 is 5.32 Å². The molecular formula is C15H19F6NO2. The van der Waals surface area contributed by atoms with Crippen molar-refractivity contribution in [3.63, 3.8) is 0 Å². The molecule has 0 aliphatic heterocycles. The van der Waals surface area contributed by atoms with Crippen LogP contribution in [0.5, 0.6) is 0 Å². The summed E-state index contributed by atoms with van der Waals surface area (Å²) in [6.45, 7) is 3.85. The summed E-state index contributed by atoms with van der Waals surface area (Å²) in [5, 5.41) is 2.70. The number of carbonyl (C=O) groups excluding carboxylic acids is 1. The Morgan fingerprint density at radius 1 is 1.04 bits per heavy atom. The van der Waals surface area contributed by atoms with E-state index >= 15 is 0 Å². The second-order valence-electron chi connectivity index (χ2n) is 4.96. The van der Waals surface area contributed by atoms with Crippen LogP contribution in [0.25, 0.3) is 0 Å². The number of hydrogen-bond donors (Lipinski definition) is 1. The molecule has 0 aliphatic rings. The third-order valence-electron chi connectivity index (χ3n) is 3.22. The molecule has 0 radical (unpaired) electrons. The number of nitrogens with one attached hydrogen (secondary N) is 1. The second-order valence-corrected chi connectivity index (χ2v) is 4.96. The van der Waals surface area contributed by atoms with Gasteiger partial charge in [-0.05, 0) is 45.5 Å². The summed E-state index contributed by atoms with van der Waals surface area (Å²) in [6.07, 6.45) is -9.87. The fourth-order valence-electron chi connectivity index (χ4n) is 1.86. The lowest BCUT2D eigenvalue weighted by Gasteiger charge is -2.23. The van der Waals surface area contributed by atoms with Gasteiger partial charge in [-0.15, -0.1) is 0 Å². The molecule has 0 saturated heterocycles. The van der Waals surface area contributed by atoms with Crippen LogP contribution >= 0.6 is 0 Å². The molecule has 138 valence electrons. The first-order valence-electron chi connectivity index (χ1n) is 6.85. The maximum atomic E-state index is 13.1. The predicted molar refractivity (Wildman–Crippen MR) is 77.2 cm³/mol. The normalized spacial score (nSPS) is 17.5. The van der Waals surface area contributed by atoms with Crippen molar-refractivity contribution in [2.24, 2.45) is 0 Å². The summed E-state index contributed by atoms with van der Waals surface area (Å²) in [4.78, 5) is 10.5. The van der Waals surface area contributed by atoms with Gasteiger partial charge in [-0.2, -0.15) is 26.3 Å². The third-order valence-corrected chi connectivity index (χ3v) is 3.22. The van der Waals surface area contributed by atoms with Crippen LogP contribution in [0.15, 0.2) is 34.9 Å². The highest BCUT2D eigenvalue weighted by molar-refractivity contribution is 5.41. The standard InChI is InChI=1S/C15H19F6NO2/c1-5-11(14(16,17)18)7-12(15(19,20)21)6-9(2)13(24-8-23)10(3)22-4/h5-8,10,13,22H,1-4H3/b9-6+,11-5+,12-7+. The molecule has 0 heterocycles. The highest BCUT2D eigenvalue weighted by Gasteiger charge is 2.37. The van der Waals surface area contributed by atoms with E-state index in [1.807, 2.05) is 0 Å². The van der Waals surface area contributed by atoms with Gasteiger partial charge in [0.05, 0.1) is 11.1 Å². The van der Waals surface area contributed by atoms with Crippen molar-refractivity contribution < 1.29 is 35.9 Å². The second kappa shape index (κ2) is 8.91. The Morgan fingerprint density at radius 2 is 1.54 bits per heavy atom. The average molecular weight is 359 g/mol. The van der Waals surface area contributed by atoms with Gasteiger partial charge in [0.1, 0.15) is 6.10 Å². The molecule has 2 atom stereocenters. The van der Waals surface area contributed by atoms with E-state index in [1.165, 1.54) is 14.0 Å². The van der Waals surface area contributed by atoms with Crippen LogP contribution in [-0.4, -0.2) is 38.0 Å². The summed E-state index contributed by atoms with van der Waals surface area (Å²) < 4.78 is 82.0. The Balaban J connectivity index is 6.00. The van der Waals surface area contributed by atoms with Crippen molar-refractivity contribution in [1.29, 1.82) is 0 Å². The van der Waals surface area contributed by atoms with Crippen molar-refractivity contribution in [3.05, 3.63) is 34.9 Å². The van der Waals surface area contributed by atoms with Gasteiger partial charge in [-0.3, -0.25) is 4.79 Å². The molecule has 0 saturated carbocycles. The Hall–Kier alpha value is -1.77. The number of ether oxygens (including phenoxy) is 1. The first-order valence-corrected chi connectivity index (χ1v) is 6.85. The minimum absolute atomic E-state index is 0.0194. The van der Waals surface area contributed by atoms with Crippen molar-refractivity contribution in [3.8, 4) is 0 Å². The Morgan fingerprint density at radius 3 is 1.88 bits per heavy atom. The predicted octanol–water partition coefficient (Wildman–Crippen LogP) is 4.08. The molecule has 0 aliphatic carbocycles. The molecule has 0 amide bonds. The van der Waals surface area contributed by atoms with Gasteiger partial charge >= 0.3 is 12.4 Å². The molecule has 0 aromatic heterocycles. The number of likely N-dealkylation sites (N-methyl/N-ethyl adjacent to an activating group) is 1. The average Bonchev–Trinajstić information content (AvgIpc) is 2.45. The van der Waals surface area contributed by atoms with Crippen LogP contribution in [0.2, 0.25) is 0 Å². The first kappa shape index (κ1) is 22.2. The summed E-state index contributed by atoms with van der Waals surface area (Å²) >= 11 is 0. The van der Waals surface area contributed by atoms with Gasteiger partial charge in [0, 0.05) is 6.04 Å². The van der Waals surface area contributed by atoms with Crippen LogP contribution in [0.4, 0.5) is 26.3 Å². The number of rotatable bonds is 7. The van der Waals surface area contributed by atoms with Gasteiger partial charge < -0.3 is 10.1 Å². The van der Waals surface area contributed by atoms with E-state index in [4.69, 9.17) is 4.74 Å². The fraction of sp³-hybridized carbons (Fsp3) is 0.533. The molecule has 0 aromatic carbocycles. The van der Waals surface area contributed by atoms with E-state index in [0.29, 0.717) is 12.2 Å². The fourth-order valence-corrected chi connectivity index (χ4v) is 1.86. The van der Waals surface area contributed by atoms with Crippen LogP contribution in [0.1, 0.15) is 20.8 Å². The quantitative estimate of drug-likeness (QED) is 0.423. The summed E-state index contributed by atoms with van der Waals surface area (Å²) in [5.74, 6) is 0. The minimum atomic E-state index is -5.00. The molecule has 24 heavy (non-hydrogen) atoms. The van der Waals surface area contributed by atoms with Gasteiger partial charge in [-0.1, -0.05) is 6.08 Å². The van der Waals surface area contributed by atoms with E-state index in [9.17, 15) is 31.1 Å². The van der Waals surface area contributed by atoms with Gasteiger partial charge in [-0.25, -0.2) is 0 Å². The maximum Gasteiger partial charge on any atom is 0.416 e. The molecule has 1 N–H and O–H groups in total. The zero-order valence-electron chi connectivity index (χ0n) is 13.5. The number of halogens is 6. The Kier molecular flexibility index (Phi) is 8.25. The van der Waals surface area contributed by atoms with Crippen LogP contribution in [0.3, 0.4) is 0 Å². The van der Waals surface area contributed by atoms with E-state index in [-0.39, 0.29) is 18.1 Å². The Labute approximate surface area is 136 Å². The minimum Gasteiger partial charge on any atom is -0.458 e. The molecule has 0 aromatic rings. The van der Waals surface area contributed by atoms with E-state index < -0.39 is 35.6 Å². The molecule has 0 spiro atoms. The van der Waals surface area contributed by atoms with Gasteiger partial charge in [0.25, 0.3) is 6.47 Å². The van der Waals surface area contributed by atoms with E-state index in [2.05, 4.69) is 5.32 Å². The molecule has 9 heteroatoms. The Bertz CT molecular complexity index is 517. The van der Waals surface area contributed by atoms with Crippen molar-refractivity contribution in [2.75, 3.05) is 7.05 Å². The van der Waals surface area contributed by atoms with Crippen LogP contribution in [0, 0.1) is 0 Å².